The molecule has 3 nitrogen and oxygen atoms in total. The Morgan fingerprint density at radius 3 is 3.11 bits per heavy atom. The summed E-state index contributed by atoms with van der Waals surface area (Å²) >= 11 is 2.23. The molecule has 0 radical (unpaired) electrons. The molecule has 1 fully saturated rings. The van der Waals surface area contributed by atoms with Crippen molar-refractivity contribution in [2.24, 2.45) is 0 Å². The molecule has 1 heterocycles. The minimum Gasteiger partial charge on any atom is -0.346 e. The molecule has 1 aliphatic rings. The number of carbonyl (C=O) groups is 1. The number of nitrogens with one attached hydrogen (secondary N) is 2. The highest BCUT2D eigenvalue weighted by Crippen LogP contribution is 2.07. The Hall–Kier alpha value is -0.620. The van der Waals surface area contributed by atoms with Crippen molar-refractivity contribution in [2.45, 2.75) is 25.8 Å². The molecule has 0 bridgehead atoms. The fourth-order valence-electron chi connectivity index (χ4n) is 2.64. The maximum absolute atomic E-state index is 12.0. The molecule has 2 atom stereocenters. The van der Waals surface area contributed by atoms with Crippen molar-refractivity contribution in [1.29, 1.82) is 0 Å². The van der Waals surface area contributed by atoms with Crippen LogP contribution >= 0.6 is 22.6 Å². The van der Waals surface area contributed by atoms with E-state index in [2.05, 4.69) is 34.8 Å². The maximum atomic E-state index is 12.0. The molecule has 1 saturated heterocycles. The highest BCUT2D eigenvalue weighted by Gasteiger charge is 2.27. The zero-order valence-corrected chi connectivity index (χ0v) is 12.9. The van der Waals surface area contributed by atoms with E-state index in [-0.39, 0.29) is 5.91 Å². The van der Waals surface area contributed by atoms with Gasteiger partial charge in [-0.1, -0.05) is 6.07 Å². The zero-order chi connectivity index (χ0) is 13.0. The number of amides is 1. The van der Waals surface area contributed by atoms with E-state index < -0.39 is 0 Å². The Kier molecular flexibility index (Phi) is 5.00. The van der Waals surface area contributed by atoms with Crippen LogP contribution in [-0.4, -0.2) is 31.6 Å². The van der Waals surface area contributed by atoms with Gasteiger partial charge in [-0.3, -0.25) is 4.79 Å². The van der Waals surface area contributed by atoms with Gasteiger partial charge in [0.1, 0.15) is 6.04 Å². The van der Waals surface area contributed by atoms with Gasteiger partial charge >= 0.3 is 0 Å². The molecular formula is C14H20IN2O+. The molecule has 98 valence electrons. The predicted octanol–water partition coefficient (Wildman–Crippen LogP) is 1.09. The molecule has 0 aromatic heterocycles. The fourth-order valence-corrected chi connectivity index (χ4v) is 3.19. The van der Waals surface area contributed by atoms with E-state index >= 15 is 0 Å². The number of benzene rings is 1. The first-order valence-corrected chi connectivity index (χ1v) is 7.67. The van der Waals surface area contributed by atoms with Gasteiger partial charge in [-0.25, -0.2) is 0 Å². The summed E-state index contributed by atoms with van der Waals surface area (Å²) in [5.41, 5.74) is 0.762. The summed E-state index contributed by atoms with van der Waals surface area (Å²) in [6.07, 6.45) is 2.52. The van der Waals surface area contributed by atoms with Gasteiger partial charge in [0.25, 0.3) is 5.91 Å². The standard InChI is InChI=1S/C14H19IN2O/c1-2-17-8-4-7-13(17)10-16-14(18)11-5-3-6-12(15)9-11/h3,5-6,9,13H,2,4,7-8,10H2,1H3,(H,16,18)/p+1/t13-/m0/s1. The molecule has 1 aliphatic heterocycles. The summed E-state index contributed by atoms with van der Waals surface area (Å²) in [5, 5.41) is 3.07. The van der Waals surface area contributed by atoms with Crippen molar-refractivity contribution in [3.8, 4) is 0 Å². The van der Waals surface area contributed by atoms with E-state index in [1.165, 1.54) is 19.4 Å². The van der Waals surface area contributed by atoms with Crippen LogP contribution in [0.1, 0.15) is 30.1 Å². The van der Waals surface area contributed by atoms with Gasteiger partial charge in [-0.05, 0) is 47.7 Å². The Labute approximate surface area is 122 Å². The van der Waals surface area contributed by atoms with Crippen LogP contribution < -0.4 is 10.2 Å². The van der Waals surface area contributed by atoms with Gasteiger partial charge in [0, 0.05) is 22.0 Å². The van der Waals surface area contributed by atoms with Crippen LogP contribution in [0.5, 0.6) is 0 Å². The number of quaternary nitrogens is 1. The lowest BCUT2D eigenvalue weighted by Crippen LogP contribution is -3.14. The van der Waals surface area contributed by atoms with E-state index in [0.29, 0.717) is 6.04 Å². The summed E-state index contributed by atoms with van der Waals surface area (Å²) in [5.74, 6) is 0.0517. The predicted molar refractivity (Wildman–Crippen MR) is 80.9 cm³/mol. The van der Waals surface area contributed by atoms with Crippen molar-refractivity contribution < 1.29 is 9.69 Å². The lowest BCUT2D eigenvalue weighted by atomic mass is 10.2. The molecular weight excluding hydrogens is 339 g/mol. The molecule has 1 aromatic carbocycles. The summed E-state index contributed by atoms with van der Waals surface area (Å²) < 4.78 is 1.10. The average molecular weight is 359 g/mol. The third kappa shape index (κ3) is 3.45. The molecule has 2 rings (SSSR count). The topological polar surface area (TPSA) is 33.5 Å². The molecule has 1 aromatic rings. The minimum atomic E-state index is 0.0517. The number of carbonyl (C=O) groups excluding carboxylic acids is 1. The van der Waals surface area contributed by atoms with E-state index in [0.717, 1.165) is 22.2 Å². The van der Waals surface area contributed by atoms with Crippen LogP contribution in [0.15, 0.2) is 24.3 Å². The van der Waals surface area contributed by atoms with Crippen molar-refractivity contribution in [3.63, 3.8) is 0 Å². The first kappa shape index (κ1) is 13.8. The smallest absolute Gasteiger partial charge is 0.251 e. The quantitative estimate of drug-likeness (QED) is 0.776. The third-order valence-corrected chi connectivity index (χ3v) is 4.35. The van der Waals surface area contributed by atoms with Crippen molar-refractivity contribution in [2.75, 3.05) is 19.6 Å². The van der Waals surface area contributed by atoms with Crippen LogP contribution in [0, 0.1) is 3.57 Å². The number of likely N-dealkylation sites (tertiary alicyclic amines) is 1. The molecule has 0 spiro atoms. The number of hydrogen-bond donors (Lipinski definition) is 2. The SMILES string of the molecule is CC[NH+]1CCC[C@H]1CNC(=O)c1cccc(I)c1. The van der Waals surface area contributed by atoms with Gasteiger partial charge in [0.2, 0.25) is 0 Å². The average Bonchev–Trinajstić information content (AvgIpc) is 2.83. The Morgan fingerprint density at radius 2 is 2.39 bits per heavy atom. The van der Waals surface area contributed by atoms with E-state index in [4.69, 9.17) is 0 Å². The monoisotopic (exact) mass is 359 g/mol. The van der Waals surface area contributed by atoms with Crippen molar-refractivity contribution in [3.05, 3.63) is 33.4 Å². The number of hydrogen-bond acceptors (Lipinski definition) is 1. The number of likely N-dealkylation sites (N-methyl/N-ethyl adjacent to an activating group) is 1. The van der Waals surface area contributed by atoms with Gasteiger partial charge in [-0.2, -0.15) is 0 Å². The van der Waals surface area contributed by atoms with Crippen LogP contribution in [-0.2, 0) is 0 Å². The molecule has 18 heavy (non-hydrogen) atoms. The summed E-state index contributed by atoms with van der Waals surface area (Å²) in [4.78, 5) is 13.6. The largest absolute Gasteiger partial charge is 0.346 e. The normalized spacial score (nSPS) is 23.0. The molecule has 1 unspecified atom stereocenters. The van der Waals surface area contributed by atoms with Crippen LogP contribution in [0.3, 0.4) is 0 Å². The van der Waals surface area contributed by atoms with Gasteiger partial charge in [-0.15, -0.1) is 0 Å². The Balaban J connectivity index is 1.88. The Morgan fingerprint density at radius 1 is 1.56 bits per heavy atom. The fraction of sp³-hybridized carbons (Fsp3) is 0.500. The second-order valence-electron chi connectivity index (χ2n) is 4.82. The van der Waals surface area contributed by atoms with Gasteiger partial charge in [0.15, 0.2) is 0 Å². The maximum Gasteiger partial charge on any atom is 0.251 e. The van der Waals surface area contributed by atoms with E-state index in [1.54, 1.807) is 4.90 Å². The highest BCUT2D eigenvalue weighted by atomic mass is 127. The van der Waals surface area contributed by atoms with E-state index in [1.807, 2.05) is 24.3 Å². The van der Waals surface area contributed by atoms with Crippen LogP contribution in [0.4, 0.5) is 0 Å². The van der Waals surface area contributed by atoms with E-state index in [9.17, 15) is 4.79 Å². The highest BCUT2D eigenvalue weighted by molar-refractivity contribution is 14.1. The third-order valence-electron chi connectivity index (χ3n) is 3.68. The summed E-state index contributed by atoms with van der Waals surface area (Å²) in [7, 11) is 0. The lowest BCUT2D eigenvalue weighted by molar-refractivity contribution is -0.909. The lowest BCUT2D eigenvalue weighted by Gasteiger charge is -2.20. The summed E-state index contributed by atoms with van der Waals surface area (Å²) in [6.45, 7) is 5.42. The minimum absolute atomic E-state index is 0.0517. The molecule has 0 saturated carbocycles. The van der Waals surface area contributed by atoms with Gasteiger partial charge < -0.3 is 10.2 Å². The second kappa shape index (κ2) is 6.52. The van der Waals surface area contributed by atoms with Gasteiger partial charge in [0.05, 0.1) is 19.6 Å². The number of halogens is 1. The molecule has 0 aliphatic carbocycles. The molecule has 2 N–H and O–H groups in total. The first-order chi connectivity index (χ1) is 8.70. The first-order valence-electron chi connectivity index (χ1n) is 6.59. The zero-order valence-electron chi connectivity index (χ0n) is 10.7. The van der Waals surface area contributed by atoms with Crippen molar-refractivity contribution >= 4 is 28.5 Å². The van der Waals surface area contributed by atoms with Crippen LogP contribution in [0.2, 0.25) is 0 Å². The summed E-state index contributed by atoms with van der Waals surface area (Å²) in [6, 6.07) is 8.32. The Bertz CT molecular complexity index is 422. The second-order valence-corrected chi connectivity index (χ2v) is 6.07. The molecule has 1 amide bonds. The van der Waals surface area contributed by atoms with Crippen molar-refractivity contribution in [1.82, 2.24) is 5.32 Å². The van der Waals surface area contributed by atoms with Crippen LogP contribution in [0.25, 0.3) is 0 Å². The molecule has 4 heteroatoms. The number of rotatable bonds is 4.